The average Bonchev–Trinajstić information content (AvgIpc) is 3.34. The molecule has 0 bridgehead atoms. The summed E-state index contributed by atoms with van der Waals surface area (Å²) in [6, 6.07) is 8.46. The topological polar surface area (TPSA) is 38.3 Å². The predicted molar refractivity (Wildman–Crippen MR) is 87.7 cm³/mol. The first kappa shape index (κ1) is 16.4. The highest BCUT2D eigenvalue weighted by atomic mass is 32.2. The first-order chi connectivity index (χ1) is 10.1. The molecule has 0 heterocycles. The summed E-state index contributed by atoms with van der Waals surface area (Å²) in [6.07, 6.45) is 3.24. The van der Waals surface area contributed by atoms with Crippen LogP contribution >= 0.6 is 11.8 Å². The Labute approximate surface area is 131 Å². The molecule has 116 valence electrons. The summed E-state index contributed by atoms with van der Waals surface area (Å²) in [5.74, 6) is 1.03. The first-order valence-corrected chi connectivity index (χ1v) is 8.64. The fourth-order valence-corrected chi connectivity index (χ4v) is 3.73. The van der Waals surface area contributed by atoms with Gasteiger partial charge in [-0.15, -0.1) is 11.8 Å². The van der Waals surface area contributed by atoms with Crippen molar-refractivity contribution in [2.45, 2.75) is 43.5 Å². The number of ether oxygens (including phenoxy) is 1. The van der Waals surface area contributed by atoms with Crippen molar-refractivity contribution in [2.75, 3.05) is 19.4 Å². The molecule has 1 unspecified atom stereocenters. The molecular weight excluding hydrogens is 282 g/mol. The molecule has 4 heteroatoms. The molecule has 21 heavy (non-hydrogen) atoms. The maximum Gasteiger partial charge on any atom is 0.327 e. The Morgan fingerprint density at radius 2 is 2.05 bits per heavy atom. The van der Waals surface area contributed by atoms with Gasteiger partial charge in [0, 0.05) is 10.6 Å². The van der Waals surface area contributed by atoms with Gasteiger partial charge in [-0.25, -0.2) is 0 Å². The smallest absolute Gasteiger partial charge is 0.327 e. The van der Waals surface area contributed by atoms with Gasteiger partial charge < -0.3 is 10.1 Å². The van der Waals surface area contributed by atoms with Crippen LogP contribution in [0.1, 0.15) is 31.7 Å². The third-order valence-electron chi connectivity index (χ3n) is 4.00. The summed E-state index contributed by atoms with van der Waals surface area (Å²) in [5.41, 5.74) is 0.727. The zero-order valence-electron chi connectivity index (χ0n) is 13.1. The van der Waals surface area contributed by atoms with Crippen LogP contribution in [-0.4, -0.2) is 30.9 Å². The van der Waals surface area contributed by atoms with E-state index in [-0.39, 0.29) is 5.97 Å². The lowest BCUT2D eigenvalue weighted by Crippen LogP contribution is -2.57. The fourth-order valence-electron chi connectivity index (χ4n) is 2.55. The van der Waals surface area contributed by atoms with Gasteiger partial charge in [-0.1, -0.05) is 24.6 Å². The van der Waals surface area contributed by atoms with Crippen molar-refractivity contribution in [2.24, 2.45) is 5.92 Å². The van der Waals surface area contributed by atoms with Gasteiger partial charge in [-0.3, -0.25) is 4.79 Å². The second-order valence-electron chi connectivity index (χ2n) is 5.77. The van der Waals surface area contributed by atoms with Crippen molar-refractivity contribution < 1.29 is 9.53 Å². The molecule has 1 N–H and O–H groups in total. The van der Waals surface area contributed by atoms with Crippen molar-refractivity contribution in [3.63, 3.8) is 0 Å². The highest BCUT2D eigenvalue weighted by Gasteiger charge is 2.51. The van der Waals surface area contributed by atoms with E-state index < -0.39 is 5.54 Å². The Bertz CT molecular complexity index is 470. The quantitative estimate of drug-likeness (QED) is 0.590. The molecule has 1 atom stereocenters. The van der Waals surface area contributed by atoms with Crippen LogP contribution in [0.2, 0.25) is 0 Å². The summed E-state index contributed by atoms with van der Waals surface area (Å²) in [4.78, 5) is 13.6. The van der Waals surface area contributed by atoms with E-state index in [0.717, 1.165) is 31.6 Å². The van der Waals surface area contributed by atoms with Crippen molar-refractivity contribution in [3.05, 3.63) is 29.8 Å². The number of aryl methyl sites for hydroxylation is 1. The fraction of sp³-hybridized carbons (Fsp3) is 0.588. The average molecular weight is 307 g/mol. The van der Waals surface area contributed by atoms with Crippen LogP contribution in [0, 0.1) is 12.8 Å². The molecule has 2 rings (SSSR count). The monoisotopic (exact) mass is 307 g/mol. The Morgan fingerprint density at radius 3 is 2.57 bits per heavy atom. The van der Waals surface area contributed by atoms with Crippen molar-refractivity contribution >= 4 is 17.7 Å². The van der Waals surface area contributed by atoms with Crippen molar-refractivity contribution in [3.8, 4) is 0 Å². The molecule has 0 aromatic heterocycles. The van der Waals surface area contributed by atoms with Crippen LogP contribution in [-0.2, 0) is 9.53 Å². The standard InChI is InChI=1S/C17H25NO2S/c1-4-11-18-17(14-7-8-14,16(19)20-3)12-21-15-9-5-13(2)6-10-15/h5-6,9-10,14,18H,4,7-8,11-12H2,1-3H3. The number of hydrogen-bond donors (Lipinski definition) is 1. The molecule has 1 aromatic rings. The number of nitrogens with one attached hydrogen (secondary N) is 1. The SMILES string of the molecule is CCCNC(CSc1ccc(C)cc1)(C(=O)OC)C1CC1. The largest absolute Gasteiger partial charge is 0.468 e. The van der Waals surface area contributed by atoms with E-state index in [1.165, 1.54) is 17.6 Å². The molecule has 1 aromatic carbocycles. The van der Waals surface area contributed by atoms with Crippen LogP contribution in [0.5, 0.6) is 0 Å². The second-order valence-corrected chi connectivity index (χ2v) is 6.81. The zero-order valence-corrected chi connectivity index (χ0v) is 14.0. The molecule has 1 aliphatic rings. The molecule has 1 fully saturated rings. The van der Waals surface area contributed by atoms with Gasteiger partial charge >= 0.3 is 5.97 Å². The Morgan fingerprint density at radius 1 is 1.38 bits per heavy atom. The van der Waals surface area contributed by atoms with Gasteiger partial charge in [0.05, 0.1) is 7.11 Å². The van der Waals surface area contributed by atoms with E-state index >= 15 is 0 Å². The van der Waals surface area contributed by atoms with Crippen LogP contribution in [0.15, 0.2) is 29.2 Å². The molecule has 1 aliphatic carbocycles. The van der Waals surface area contributed by atoms with Gasteiger partial charge in [0.1, 0.15) is 5.54 Å². The van der Waals surface area contributed by atoms with Gasteiger partial charge in [0.2, 0.25) is 0 Å². The second kappa shape index (κ2) is 7.32. The summed E-state index contributed by atoms with van der Waals surface area (Å²) >= 11 is 1.74. The summed E-state index contributed by atoms with van der Waals surface area (Å²) in [6.45, 7) is 5.05. The van der Waals surface area contributed by atoms with Gasteiger partial charge in [-0.05, 0) is 50.8 Å². The Balaban J connectivity index is 2.10. The normalized spacial score (nSPS) is 17.3. The number of esters is 1. The van der Waals surface area contributed by atoms with Crippen LogP contribution in [0.4, 0.5) is 0 Å². The lowest BCUT2D eigenvalue weighted by Gasteiger charge is -2.32. The van der Waals surface area contributed by atoms with Gasteiger partial charge in [-0.2, -0.15) is 0 Å². The minimum absolute atomic E-state index is 0.113. The maximum absolute atomic E-state index is 12.4. The zero-order chi connectivity index (χ0) is 15.3. The van der Waals surface area contributed by atoms with Crippen molar-refractivity contribution in [1.82, 2.24) is 5.32 Å². The lowest BCUT2D eigenvalue weighted by atomic mass is 9.95. The van der Waals surface area contributed by atoms with E-state index in [4.69, 9.17) is 4.74 Å². The molecule has 0 amide bonds. The molecule has 0 aliphatic heterocycles. The first-order valence-electron chi connectivity index (χ1n) is 7.65. The number of benzene rings is 1. The minimum atomic E-state index is -0.527. The van der Waals surface area contributed by atoms with E-state index in [2.05, 4.69) is 43.4 Å². The number of carbonyl (C=O) groups excluding carboxylic acids is 1. The number of hydrogen-bond acceptors (Lipinski definition) is 4. The van der Waals surface area contributed by atoms with Crippen molar-refractivity contribution in [1.29, 1.82) is 0 Å². The van der Waals surface area contributed by atoms with E-state index in [9.17, 15) is 4.79 Å². The minimum Gasteiger partial charge on any atom is -0.468 e. The van der Waals surface area contributed by atoms with E-state index in [0.29, 0.717) is 5.92 Å². The van der Waals surface area contributed by atoms with Crippen LogP contribution in [0.3, 0.4) is 0 Å². The lowest BCUT2D eigenvalue weighted by molar-refractivity contribution is -0.148. The summed E-state index contributed by atoms with van der Waals surface area (Å²) in [5, 5.41) is 3.48. The molecule has 0 radical (unpaired) electrons. The van der Waals surface area contributed by atoms with Gasteiger partial charge in [0.25, 0.3) is 0 Å². The molecule has 0 saturated heterocycles. The van der Waals surface area contributed by atoms with Crippen LogP contribution < -0.4 is 5.32 Å². The highest BCUT2D eigenvalue weighted by Crippen LogP contribution is 2.43. The van der Waals surface area contributed by atoms with E-state index in [1.54, 1.807) is 11.8 Å². The third-order valence-corrected chi connectivity index (χ3v) is 5.21. The Kier molecular flexibility index (Phi) is 5.71. The number of thioether (sulfide) groups is 1. The van der Waals surface area contributed by atoms with Crippen LogP contribution in [0.25, 0.3) is 0 Å². The number of carbonyl (C=O) groups is 1. The molecular formula is C17H25NO2S. The predicted octanol–water partition coefficient (Wildman–Crippen LogP) is 3.41. The number of methoxy groups -OCH3 is 1. The summed E-state index contributed by atoms with van der Waals surface area (Å²) < 4.78 is 5.11. The molecule has 0 spiro atoms. The van der Waals surface area contributed by atoms with E-state index in [1.807, 2.05) is 0 Å². The molecule has 1 saturated carbocycles. The number of rotatable bonds is 8. The maximum atomic E-state index is 12.4. The molecule has 3 nitrogen and oxygen atoms in total. The summed E-state index contributed by atoms with van der Waals surface area (Å²) in [7, 11) is 1.49. The van der Waals surface area contributed by atoms with Gasteiger partial charge in [0.15, 0.2) is 0 Å². The Hall–Kier alpha value is -1.00. The third kappa shape index (κ3) is 4.01. The highest BCUT2D eigenvalue weighted by molar-refractivity contribution is 7.99.